The lowest BCUT2D eigenvalue weighted by atomic mass is 9.73. The molecule has 2 aromatic heterocycles. The monoisotopic (exact) mass is 702 g/mol. The number of hydrogen-bond acceptors (Lipinski definition) is 8. The van der Waals surface area contributed by atoms with Crippen LogP contribution in [0, 0.1) is 5.41 Å². The number of ether oxygens (including phenoxy) is 1. The van der Waals surface area contributed by atoms with E-state index in [4.69, 9.17) is 14.7 Å². The number of para-hydroxylation sites is 2. The molecule has 2 saturated heterocycles. The zero-order chi connectivity index (χ0) is 35.1. The first-order chi connectivity index (χ1) is 24.8. The maximum absolute atomic E-state index is 14.2. The molecule has 3 amide bonds. The van der Waals surface area contributed by atoms with Crippen molar-refractivity contribution in [1.29, 1.82) is 0 Å². The van der Waals surface area contributed by atoms with Crippen LogP contribution in [-0.2, 0) is 11.2 Å². The number of aromatic nitrogens is 1. The van der Waals surface area contributed by atoms with Gasteiger partial charge >= 0.3 is 0 Å². The van der Waals surface area contributed by atoms with E-state index in [-0.39, 0.29) is 35.2 Å². The zero-order valence-corrected chi connectivity index (χ0v) is 29.8. The Hall–Kier alpha value is -4.87. The quantitative estimate of drug-likeness (QED) is 0.204. The van der Waals surface area contributed by atoms with Gasteiger partial charge in [0.2, 0.25) is 0 Å². The third-order valence-corrected chi connectivity index (χ3v) is 11.9. The number of hydrogen-bond donors (Lipinski definition) is 2. The fraction of sp³-hybridized carbons (Fsp3) is 0.375. The maximum atomic E-state index is 14.2. The first-order valence-corrected chi connectivity index (χ1v) is 18.8. The molecule has 1 saturated carbocycles. The Morgan fingerprint density at radius 2 is 1.75 bits per heavy atom. The Morgan fingerprint density at radius 3 is 2.47 bits per heavy atom. The molecule has 1 unspecified atom stereocenters. The van der Waals surface area contributed by atoms with Gasteiger partial charge in [0, 0.05) is 55.2 Å². The predicted octanol–water partition coefficient (Wildman–Crippen LogP) is 7.03. The van der Waals surface area contributed by atoms with E-state index in [1.165, 1.54) is 11.3 Å². The van der Waals surface area contributed by atoms with Gasteiger partial charge in [-0.2, -0.15) is 0 Å². The van der Waals surface area contributed by atoms with Crippen LogP contribution < -0.4 is 20.4 Å². The summed E-state index contributed by atoms with van der Waals surface area (Å²) in [4.78, 5) is 56.0. The number of fused-ring (bicyclic) bond motifs is 1. The zero-order valence-electron chi connectivity index (χ0n) is 29.0. The van der Waals surface area contributed by atoms with Crippen molar-refractivity contribution in [3.05, 3.63) is 99.4 Å². The number of aliphatic imine (C=N–C) groups is 1. The van der Waals surface area contributed by atoms with Crippen molar-refractivity contribution in [2.45, 2.75) is 64.5 Å². The number of pyridine rings is 1. The highest BCUT2D eigenvalue weighted by molar-refractivity contribution is 7.16. The third-order valence-electron chi connectivity index (χ3n) is 10.8. The van der Waals surface area contributed by atoms with Crippen molar-refractivity contribution in [3.8, 4) is 0 Å². The fourth-order valence-electron chi connectivity index (χ4n) is 7.45. The molecule has 5 heterocycles. The van der Waals surface area contributed by atoms with Crippen molar-refractivity contribution >= 4 is 57.7 Å². The van der Waals surface area contributed by atoms with Crippen LogP contribution in [0.5, 0.6) is 0 Å². The Balaban J connectivity index is 0.992. The molecule has 1 spiro atoms. The van der Waals surface area contributed by atoms with Gasteiger partial charge in [-0.1, -0.05) is 19.1 Å². The number of aryl methyl sites for hydroxylation is 1. The third kappa shape index (κ3) is 6.45. The van der Waals surface area contributed by atoms with Gasteiger partial charge in [-0.05, 0) is 106 Å². The van der Waals surface area contributed by atoms with Crippen LogP contribution in [0.2, 0.25) is 0 Å². The summed E-state index contributed by atoms with van der Waals surface area (Å²) in [6.07, 6.45) is 7.91. The SMILES string of the molecule is CCc1cnc(N2CC3(CCOCC3)C2)c(C(=O)Nc2ccc(C(=O)N3c4ccccc4N=C(c4ccc(C(=O)NC5CCC5)s4)C3C)cc2)c1. The minimum absolute atomic E-state index is 0.0602. The van der Waals surface area contributed by atoms with Crippen LogP contribution in [0.15, 0.2) is 77.9 Å². The Bertz CT molecular complexity index is 2000. The summed E-state index contributed by atoms with van der Waals surface area (Å²) < 4.78 is 5.58. The van der Waals surface area contributed by atoms with E-state index in [0.29, 0.717) is 33.2 Å². The number of nitrogens with one attached hydrogen (secondary N) is 2. The van der Waals surface area contributed by atoms with E-state index in [9.17, 15) is 14.4 Å². The van der Waals surface area contributed by atoms with E-state index in [1.54, 1.807) is 29.2 Å². The Morgan fingerprint density at radius 1 is 0.980 bits per heavy atom. The largest absolute Gasteiger partial charge is 0.381 e. The van der Waals surface area contributed by atoms with Crippen LogP contribution in [0.3, 0.4) is 0 Å². The number of rotatable bonds is 8. The number of carbonyl (C=O) groups is 3. The molecule has 2 aromatic carbocycles. The number of thiophene rings is 1. The Kier molecular flexibility index (Phi) is 8.93. The molecule has 262 valence electrons. The second kappa shape index (κ2) is 13.7. The summed E-state index contributed by atoms with van der Waals surface area (Å²) in [5, 5.41) is 6.16. The number of carbonyl (C=O) groups excluding carboxylic acids is 3. The molecular weight excluding hydrogens is 661 g/mol. The molecule has 51 heavy (non-hydrogen) atoms. The van der Waals surface area contributed by atoms with Crippen molar-refractivity contribution in [1.82, 2.24) is 10.3 Å². The Labute approximate surface area is 301 Å². The van der Waals surface area contributed by atoms with Crippen molar-refractivity contribution in [2.75, 3.05) is 41.4 Å². The molecule has 1 atom stereocenters. The molecule has 0 bridgehead atoms. The van der Waals surface area contributed by atoms with Gasteiger partial charge in [0.05, 0.1) is 38.4 Å². The van der Waals surface area contributed by atoms with E-state index in [0.717, 1.165) is 86.7 Å². The fourth-order valence-corrected chi connectivity index (χ4v) is 8.43. The maximum Gasteiger partial charge on any atom is 0.261 e. The second-order valence-corrected chi connectivity index (χ2v) is 15.3. The standard InChI is InChI=1S/C40H42N6O4S/c1-3-26-21-30(36(41-22-26)45-23-40(24-45)17-19-50-20-18-40)37(47)42-29-13-11-27(12-14-29)39(49)46-25(2)35(44-31-9-4-5-10-32(31)46)33-15-16-34(51-33)38(48)43-28-7-6-8-28/h4-5,9-16,21-22,25,28H,3,6-8,17-20,23-24H2,1-2H3,(H,42,47)(H,43,48). The van der Waals surface area contributed by atoms with E-state index >= 15 is 0 Å². The first kappa shape index (κ1) is 33.3. The second-order valence-electron chi connectivity index (χ2n) is 14.2. The molecule has 0 radical (unpaired) electrons. The van der Waals surface area contributed by atoms with Crippen molar-refractivity contribution in [3.63, 3.8) is 0 Å². The molecule has 8 rings (SSSR count). The van der Waals surface area contributed by atoms with Gasteiger partial charge in [0.25, 0.3) is 17.7 Å². The van der Waals surface area contributed by atoms with Gasteiger partial charge in [0.1, 0.15) is 5.82 Å². The lowest BCUT2D eigenvalue weighted by Gasteiger charge is -2.53. The van der Waals surface area contributed by atoms with E-state index < -0.39 is 0 Å². The molecule has 3 aliphatic heterocycles. The number of anilines is 3. The average Bonchev–Trinajstić information content (AvgIpc) is 3.62. The normalized spacial score (nSPS) is 19.4. The van der Waals surface area contributed by atoms with Crippen LogP contribution in [-0.4, -0.2) is 66.8 Å². The summed E-state index contributed by atoms with van der Waals surface area (Å²) >= 11 is 1.40. The summed E-state index contributed by atoms with van der Waals surface area (Å²) in [6.45, 7) is 7.34. The van der Waals surface area contributed by atoms with Crippen LogP contribution in [0.25, 0.3) is 0 Å². The van der Waals surface area contributed by atoms with Gasteiger partial charge in [0.15, 0.2) is 0 Å². The van der Waals surface area contributed by atoms with Gasteiger partial charge in [-0.25, -0.2) is 9.98 Å². The van der Waals surface area contributed by atoms with Gasteiger partial charge in [-0.15, -0.1) is 11.3 Å². The molecule has 4 aromatic rings. The van der Waals surface area contributed by atoms with Crippen LogP contribution >= 0.6 is 11.3 Å². The number of amides is 3. The predicted molar refractivity (Wildman–Crippen MR) is 201 cm³/mol. The highest BCUT2D eigenvalue weighted by Crippen LogP contribution is 2.43. The summed E-state index contributed by atoms with van der Waals surface area (Å²) in [5.41, 5.74) is 5.04. The molecule has 4 aliphatic rings. The number of benzene rings is 2. The topological polar surface area (TPSA) is 116 Å². The smallest absolute Gasteiger partial charge is 0.261 e. The van der Waals surface area contributed by atoms with Crippen molar-refractivity contribution < 1.29 is 19.1 Å². The molecule has 2 N–H and O–H groups in total. The molecule has 10 nitrogen and oxygen atoms in total. The van der Waals surface area contributed by atoms with E-state index in [1.807, 2.05) is 55.6 Å². The number of nitrogens with zero attached hydrogens (tertiary/aromatic N) is 4. The van der Waals surface area contributed by atoms with Crippen LogP contribution in [0.1, 0.15) is 86.8 Å². The molecule has 11 heteroatoms. The molecule has 1 aliphatic carbocycles. The summed E-state index contributed by atoms with van der Waals surface area (Å²) in [7, 11) is 0. The lowest BCUT2D eigenvalue weighted by molar-refractivity contribution is -0.000511. The minimum Gasteiger partial charge on any atom is -0.381 e. The average molecular weight is 703 g/mol. The molecular formula is C40H42N6O4S. The van der Waals surface area contributed by atoms with Gasteiger partial charge in [-0.3, -0.25) is 19.3 Å². The van der Waals surface area contributed by atoms with Gasteiger partial charge < -0.3 is 20.3 Å². The first-order valence-electron chi connectivity index (χ1n) is 18.0. The summed E-state index contributed by atoms with van der Waals surface area (Å²) in [5.74, 6) is 0.244. The minimum atomic E-state index is -0.383. The van der Waals surface area contributed by atoms with E-state index in [2.05, 4.69) is 22.5 Å². The van der Waals surface area contributed by atoms with Crippen LogP contribution in [0.4, 0.5) is 22.9 Å². The highest BCUT2D eigenvalue weighted by Gasteiger charge is 2.45. The summed E-state index contributed by atoms with van der Waals surface area (Å²) in [6, 6.07) is 20.2. The highest BCUT2D eigenvalue weighted by atomic mass is 32.1. The lowest BCUT2D eigenvalue weighted by Crippen LogP contribution is -2.59. The molecule has 3 fully saturated rings. The van der Waals surface area contributed by atoms with Crippen molar-refractivity contribution in [2.24, 2.45) is 10.4 Å².